The molecule has 3 N–H and O–H groups in total. The highest BCUT2D eigenvalue weighted by Crippen LogP contribution is 2.17. The molecule has 0 fully saturated rings. The molecule has 0 unspecified atom stereocenters. The SMILES string of the molecule is Cc1nc(CNC(=O)[C@@H](N)C(C)(C)C)no1. The van der Waals surface area contributed by atoms with Crippen LogP contribution in [-0.2, 0) is 11.3 Å². The van der Waals surface area contributed by atoms with Crippen molar-refractivity contribution in [2.45, 2.75) is 40.3 Å². The van der Waals surface area contributed by atoms with Crippen LogP contribution in [0.3, 0.4) is 0 Å². The maximum absolute atomic E-state index is 11.6. The van der Waals surface area contributed by atoms with Crippen molar-refractivity contribution in [2.24, 2.45) is 11.1 Å². The fraction of sp³-hybridized carbons (Fsp3) is 0.700. The lowest BCUT2D eigenvalue weighted by Gasteiger charge is -2.25. The van der Waals surface area contributed by atoms with E-state index in [1.807, 2.05) is 20.8 Å². The molecule has 0 saturated carbocycles. The normalized spacial score (nSPS) is 13.6. The van der Waals surface area contributed by atoms with Crippen LogP contribution in [0.4, 0.5) is 0 Å². The highest BCUT2D eigenvalue weighted by atomic mass is 16.5. The lowest BCUT2D eigenvalue weighted by molar-refractivity contribution is -0.124. The van der Waals surface area contributed by atoms with Crippen LogP contribution in [-0.4, -0.2) is 22.1 Å². The molecule has 16 heavy (non-hydrogen) atoms. The van der Waals surface area contributed by atoms with E-state index in [9.17, 15) is 4.79 Å². The lowest BCUT2D eigenvalue weighted by atomic mass is 9.87. The predicted octanol–water partition coefficient (Wildman–Crippen LogP) is 0.368. The molecule has 6 heteroatoms. The van der Waals surface area contributed by atoms with Crippen molar-refractivity contribution in [1.82, 2.24) is 15.5 Å². The highest BCUT2D eigenvalue weighted by Gasteiger charge is 2.27. The second kappa shape index (κ2) is 4.61. The average Bonchev–Trinajstić information content (AvgIpc) is 2.58. The van der Waals surface area contributed by atoms with Crippen LogP contribution < -0.4 is 11.1 Å². The van der Waals surface area contributed by atoms with Crippen molar-refractivity contribution in [2.75, 3.05) is 0 Å². The Hall–Kier alpha value is -1.43. The molecule has 6 nitrogen and oxygen atoms in total. The number of amides is 1. The van der Waals surface area contributed by atoms with Gasteiger partial charge in [0.05, 0.1) is 12.6 Å². The Bertz CT molecular complexity index is 367. The van der Waals surface area contributed by atoms with Gasteiger partial charge in [0.15, 0.2) is 5.82 Å². The van der Waals surface area contributed by atoms with E-state index in [1.54, 1.807) is 6.92 Å². The molecule has 0 spiro atoms. The summed E-state index contributed by atoms with van der Waals surface area (Å²) < 4.78 is 4.78. The predicted molar refractivity (Wildman–Crippen MR) is 58.3 cm³/mol. The van der Waals surface area contributed by atoms with Crippen LogP contribution >= 0.6 is 0 Å². The van der Waals surface area contributed by atoms with Gasteiger partial charge in [-0.2, -0.15) is 4.98 Å². The summed E-state index contributed by atoms with van der Waals surface area (Å²) in [6, 6.07) is -0.555. The molecule has 90 valence electrons. The molecular formula is C10H18N4O2. The zero-order valence-corrected chi connectivity index (χ0v) is 10.1. The summed E-state index contributed by atoms with van der Waals surface area (Å²) in [5, 5.41) is 6.34. The van der Waals surface area contributed by atoms with Gasteiger partial charge in [0.1, 0.15) is 0 Å². The molecule has 0 aromatic carbocycles. The van der Waals surface area contributed by atoms with Crippen LogP contribution in [0.1, 0.15) is 32.5 Å². The van der Waals surface area contributed by atoms with Gasteiger partial charge in [0.2, 0.25) is 11.8 Å². The maximum atomic E-state index is 11.6. The first-order valence-corrected chi connectivity index (χ1v) is 5.13. The molecule has 1 aromatic heterocycles. The molecule has 0 saturated heterocycles. The molecule has 0 radical (unpaired) electrons. The number of hydrogen-bond acceptors (Lipinski definition) is 5. The van der Waals surface area contributed by atoms with E-state index in [0.717, 1.165) is 0 Å². The summed E-state index contributed by atoms with van der Waals surface area (Å²) in [5.41, 5.74) is 5.52. The molecule has 0 bridgehead atoms. The first-order chi connectivity index (χ1) is 7.30. The molecule has 0 aliphatic heterocycles. The van der Waals surface area contributed by atoms with E-state index in [0.29, 0.717) is 11.7 Å². The maximum Gasteiger partial charge on any atom is 0.237 e. The number of nitrogens with zero attached hydrogens (tertiary/aromatic N) is 2. The largest absolute Gasteiger partial charge is 0.347 e. The van der Waals surface area contributed by atoms with E-state index in [1.165, 1.54) is 0 Å². The Morgan fingerprint density at radius 2 is 2.19 bits per heavy atom. The van der Waals surface area contributed by atoms with Crippen LogP contribution in [0, 0.1) is 12.3 Å². The molecule has 1 amide bonds. The molecule has 1 aromatic rings. The van der Waals surface area contributed by atoms with E-state index >= 15 is 0 Å². The fourth-order valence-corrected chi connectivity index (χ4v) is 1.08. The molecular weight excluding hydrogens is 208 g/mol. The van der Waals surface area contributed by atoms with Crippen LogP contribution in [0.25, 0.3) is 0 Å². The number of nitrogens with two attached hydrogens (primary N) is 1. The van der Waals surface area contributed by atoms with Gasteiger partial charge < -0.3 is 15.6 Å². The topological polar surface area (TPSA) is 94.0 Å². The van der Waals surface area contributed by atoms with Crippen molar-refractivity contribution < 1.29 is 9.32 Å². The summed E-state index contributed by atoms with van der Waals surface area (Å²) in [7, 11) is 0. The summed E-state index contributed by atoms with van der Waals surface area (Å²) in [6.07, 6.45) is 0. The third kappa shape index (κ3) is 3.30. The van der Waals surface area contributed by atoms with Gasteiger partial charge >= 0.3 is 0 Å². The van der Waals surface area contributed by atoms with Gasteiger partial charge in [-0.25, -0.2) is 0 Å². The second-order valence-electron chi connectivity index (χ2n) is 4.79. The Kier molecular flexibility index (Phi) is 3.64. The smallest absolute Gasteiger partial charge is 0.237 e. The summed E-state index contributed by atoms with van der Waals surface area (Å²) in [5.74, 6) is 0.714. The van der Waals surface area contributed by atoms with Crippen molar-refractivity contribution in [3.05, 3.63) is 11.7 Å². The number of nitrogens with one attached hydrogen (secondary N) is 1. The Balaban J connectivity index is 2.47. The lowest BCUT2D eigenvalue weighted by Crippen LogP contribution is -2.48. The third-order valence-corrected chi connectivity index (χ3v) is 2.21. The first kappa shape index (κ1) is 12.6. The van der Waals surface area contributed by atoms with Crippen molar-refractivity contribution in [3.8, 4) is 0 Å². The van der Waals surface area contributed by atoms with Gasteiger partial charge in [-0.3, -0.25) is 4.79 Å². The minimum absolute atomic E-state index is 0.213. The van der Waals surface area contributed by atoms with Gasteiger partial charge in [-0.05, 0) is 5.41 Å². The van der Waals surface area contributed by atoms with Gasteiger partial charge in [0, 0.05) is 6.92 Å². The molecule has 0 aliphatic rings. The van der Waals surface area contributed by atoms with Crippen LogP contribution in [0.5, 0.6) is 0 Å². The minimum atomic E-state index is -0.555. The van der Waals surface area contributed by atoms with Gasteiger partial charge in [-0.1, -0.05) is 25.9 Å². The van der Waals surface area contributed by atoms with Crippen LogP contribution in [0.2, 0.25) is 0 Å². The van der Waals surface area contributed by atoms with Gasteiger partial charge in [-0.15, -0.1) is 0 Å². The van der Waals surface area contributed by atoms with Crippen molar-refractivity contribution >= 4 is 5.91 Å². The molecule has 0 aliphatic carbocycles. The number of aryl methyl sites for hydroxylation is 1. The summed E-state index contributed by atoms with van der Waals surface area (Å²) >= 11 is 0. The zero-order valence-electron chi connectivity index (χ0n) is 10.1. The van der Waals surface area contributed by atoms with Crippen LogP contribution in [0.15, 0.2) is 4.52 Å². The van der Waals surface area contributed by atoms with Gasteiger partial charge in [0.25, 0.3) is 0 Å². The average molecular weight is 226 g/mol. The first-order valence-electron chi connectivity index (χ1n) is 5.13. The number of rotatable bonds is 3. The quantitative estimate of drug-likeness (QED) is 0.776. The summed E-state index contributed by atoms with van der Waals surface area (Å²) in [4.78, 5) is 15.6. The Labute approximate surface area is 94.6 Å². The Morgan fingerprint density at radius 1 is 1.56 bits per heavy atom. The summed E-state index contributed by atoms with van der Waals surface area (Å²) in [6.45, 7) is 7.67. The zero-order chi connectivity index (χ0) is 12.3. The standard InChI is InChI=1S/C10H18N4O2/c1-6-13-7(14-16-6)5-12-9(15)8(11)10(2,3)4/h8H,5,11H2,1-4H3,(H,12,15)/t8-/m1/s1. The third-order valence-electron chi connectivity index (χ3n) is 2.21. The van der Waals surface area contributed by atoms with Crippen molar-refractivity contribution in [3.63, 3.8) is 0 Å². The number of hydrogen-bond donors (Lipinski definition) is 2. The molecule has 1 rings (SSSR count). The van der Waals surface area contributed by atoms with Crippen molar-refractivity contribution in [1.29, 1.82) is 0 Å². The van der Waals surface area contributed by atoms with E-state index in [-0.39, 0.29) is 17.9 Å². The minimum Gasteiger partial charge on any atom is -0.347 e. The number of aromatic nitrogens is 2. The number of carbonyl (C=O) groups excluding carboxylic acids is 1. The second-order valence-corrected chi connectivity index (χ2v) is 4.79. The van der Waals surface area contributed by atoms with E-state index in [2.05, 4.69) is 15.5 Å². The molecule has 1 heterocycles. The van der Waals surface area contributed by atoms with E-state index < -0.39 is 6.04 Å². The van der Waals surface area contributed by atoms with E-state index in [4.69, 9.17) is 10.3 Å². The fourth-order valence-electron chi connectivity index (χ4n) is 1.08. The Morgan fingerprint density at radius 3 is 2.62 bits per heavy atom. The monoisotopic (exact) mass is 226 g/mol. The highest BCUT2D eigenvalue weighted by molar-refractivity contribution is 5.82. The number of carbonyl (C=O) groups is 1. The molecule has 1 atom stereocenters.